The van der Waals surface area contributed by atoms with Gasteiger partial charge in [0.05, 0.1) is 6.61 Å². The van der Waals surface area contributed by atoms with Gasteiger partial charge in [0.1, 0.15) is 6.10 Å². The van der Waals surface area contributed by atoms with Crippen LogP contribution in [0.3, 0.4) is 0 Å². The molecule has 1 amide bonds. The summed E-state index contributed by atoms with van der Waals surface area (Å²) >= 11 is 0. The van der Waals surface area contributed by atoms with Crippen molar-refractivity contribution >= 4 is 5.91 Å². The number of morpholine rings is 1. The Hall–Kier alpha value is -0.650. The van der Waals surface area contributed by atoms with Crippen LogP contribution in [0.15, 0.2) is 0 Å². The van der Waals surface area contributed by atoms with Crippen LogP contribution in [-0.4, -0.2) is 62.8 Å². The minimum atomic E-state index is -0.322. The first kappa shape index (κ1) is 14.4. The summed E-state index contributed by atoms with van der Waals surface area (Å²) in [7, 11) is 2.08. The Labute approximate surface area is 104 Å². The third-order valence-electron chi connectivity index (χ3n) is 3.33. The minimum Gasteiger partial charge on any atom is -0.366 e. The van der Waals surface area contributed by atoms with Gasteiger partial charge in [-0.05, 0) is 20.4 Å². The Bertz CT molecular complexity index is 230. The lowest BCUT2D eigenvalue weighted by Gasteiger charge is -2.25. The van der Waals surface area contributed by atoms with Crippen molar-refractivity contribution in [1.82, 2.24) is 15.5 Å². The highest BCUT2D eigenvalue weighted by Gasteiger charge is 2.21. The molecule has 0 aromatic rings. The second-order valence-electron chi connectivity index (χ2n) is 4.59. The molecule has 1 aliphatic rings. The van der Waals surface area contributed by atoms with Crippen molar-refractivity contribution in [3.05, 3.63) is 0 Å². The van der Waals surface area contributed by atoms with Gasteiger partial charge in [-0.2, -0.15) is 0 Å². The highest BCUT2D eigenvalue weighted by atomic mass is 16.5. The summed E-state index contributed by atoms with van der Waals surface area (Å²) in [6.45, 7) is 7.98. The Kier molecular flexibility index (Phi) is 6.47. The van der Waals surface area contributed by atoms with Gasteiger partial charge in [0.2, 0.25) is 0 Å². The van der Waals surface area contributed by atoms with Crippen LogP contribution < -0.4 is 10.6 Å². The zero-order valence-corrected chi connectivity index (χ0v) is 11.2. The van der Waals surface area contributed by atoms with E-state index in [9.17, 15) is 4.79 Å². The van der Waals surface area contributed by atoms with E-state index in [4.69, 9.17) is 4.74 Å². The van der Waals surface area contributed by atoms with Gasteiger partial charge in [-0.3, -0.25) is 4.79 Å². The largest absolute Gasteiger partial charge is 0.366 e. The number of likely N-dealkylation sites (N-methyl/N-ethyl adjacent to an activating group) is 1. The first-order chi connectivity index (χ1) is 8.15. The second kappa shape index (κ2) is 7.63. The number of hydrogen-bond donors (Lipinski definition) is 2. The summed E-state index contributed by atoms with van der Waals surface area (Å²) in [6, 6.07) is 0.555. The smallest absolute Gasteiger partial charge is 0.250 e. The van der Waals surface area contributed by atoms with Gasteiger partial charge < -0.3 is 20.3 Å². The predicted molar refractivity (Wildman–Crippen MR) is 68.0 cm³/mol. The van der Waals surface area contributed by atoms with Crippen molar-refractivity contribution in [2.24, 2.45) is 0 Å². The Morgan fingerprint density at radius 2 is 2.41 bits per heavy atom. The number of hydrogen-bond acceptors (Lipinski definition) is 4. The topological polar surface area (TPSA) is 53.6 Å². The molecule has 5 heteroatoms. The van der Waals surface area contributed by atoms with E-state index in [1.807, 2.05) is 0 Å². The molecule has 5 nitrogen and oxygen atoms in total. The normalized spacial score (nSPS) is 22.5. The summed E-state index contributed by atoms with van der Waals surface area (Å²) in [5.41, 5.74) is 0. The molecule has 0 aromatic heterocycles. The predicted octanol–water partition coefficient (Wildman–Crippen LogP) is -0.179. The average Bonchev–Trinajstić information content (AvgIpc) is 2.38. The van der Waals surface area contributed by atoms with Gasteiger partial charge in [0.15, 0.2) is 0 Å². The lowest BCUT2D eigenvalue weighted by Crippen LogP contribution is -2.49. The molecule has 0 aromatic carbocycles. The summed E-state index contributed by atoms with van der Waals surface area (Å²) in [4.78, 5) is 14.0. The van der Waals surface area contributed by atoms with Crippen molar-refractivity contribution < 1.29 is 9.53 Å². The van der Waals surface area contributed by atoms with Crippen LogP contribution in [0.1, 0.15) is 20.3 Å². The van der Waals surface area contributed by atoms with Gasteiger partial charge in [-0.1, -0.05) is 6.92 Å². The number of amides is 1. The first-order valence-electron chi connectivity index (χ1n) is 6.45. The molecule has 0 saturated carbocycles. The quantitative estimate of drug-likeness (QED) is 0.679. The number of rotatable bonds is 6. The Morgan fingerprint density at radius 1 is 1.65 bits per heavy atom. The number of carbonyl (C=O) groups excluding carboxylic acids is 1. The standard InChI is InChI=1S/C12H25N3O2/c1-4-10(2)15(3)7-5-14-12(16)11-9-13-6-8-17-11/h10-11,13H,4-9H2,1-3H3,(H,14,16)/t10?,11-/m1/s1. The molecule has 1 fully saturated rings. The number of ether oxygens (including phenoxy) is 1. The highest BCUT2D eigenvalue weighted by Crippen LogP contribution is 1.99. The number of carbonyl (C=O) groups is 1. The van der Waals surface area contributed by atoms with E-state index in [1.54, 1.807) is 0 Å². The molecule has 0 spiro atoms. The fraction of sp³-hybridized carbons (Fsp3) is 0.917. The molecule has 100 valence electrons. The number of nitrogens with zero attached hydrogens (tertiary/aromatic N) is 1. The zero-order chi connectivity index (χ0) is 12.7. The lowest BCUT2D eigenvalue weighted by molar-refractivity contribution is -0.134. The van der Waals surface area contributed by atoms with Crippen LogP contribution in [0, 0.1) is 0 Å². The minimum absolute atomic E-state index is 0.00486. The van der Waals surface area contributed by atoms with Crippen molar-refractivity contribution in [2.45, 2.75) is 32.4 Å². The maximum atomic E-state index is 11.7. The molecule has 1 saturated heterocycles. The van der Waals surface area contributed by atoms with E-state index in [0.717, 1.165) is 19.5 Å². The molecular formula is C12H25N3O2. The van der Waals surface area contributed by atoms with Crippen LogP contribution in [0.25, 0.3) is 0 Å². The van der Waals surface area contributed by atoms with E-state index >= 15 is 0 Å². The van der Waals surface area contributed by atoms with Crippen LogP contribution in [-0.2, 0) is 9.53 Å². The van der Waals surface area contributed by atoms with Crippen LogP contribution in [0.4, 0.5) is 0 Å². The van der Waals surface area contributed by atoms with Crippen molar-refractivity contribution in [2.75, 3.05) is 39.8 Å². The fourth-order valence-corrected chi connectivity index (χ4v) is 1.74. The third kappa shape index (κ3) is 5.02. The van der Waals surface area contributed by atoms with Crippen molar-refractivity contribution in [3.63, 3.8) is 0 Å². The van der Waals surface area contributed by atoms with E-state index in [0.29, 0.717) is 25.7 Å². The first-order valence-corrected chi connectivity index (χ1v) is 6.45. The maximum absolute atomic E-state index is 11.7. The average molecular weight is 243 g/mol. The highest BCUT2D eigenvalue weighted by molar-refractivity contribution is 5.81. The molecule has 0 bridgehead atoms. The second-order valence-corrected chi connectivity index (χ2v) is 4.59. The van der Waals surface area contributed by atoms with Gasteiger partial charge in [-0.25, -0.2) is 0 Å². The van der Waals surface area contributed by atoms with E-state index in [1.165, 1.54) is 0 Å². The third-order valence-corrected chi connectivity index (χ3v) is 3.33. The molecule has 0 aliphatic carbocycles. The van der Waals surface area contributed by atoms with Crippen molar-refractivity contribution in [3.8, 4) is 0 Å². The summed E-state index contributed by atoms with van der Waals surface area (Å²) in [6.07, 6.45) is 0.803. The van der Waals surface area contributed by atoms with Gasteiger partial charge >= 0.3 is 0 Å². The molecule has 2 atom stereocenters. The fourth-order valence-electron chi connectivity index (χ4n) is 1.74. The van der Waals surface area contributed by atoms with Crippen LogP contribution in [0.2, 0.25) is 0 Å². The van der Waals surface area contributed by atoms with Crippen molar-refractivity contribution in [1.29, 1.82) is 0 Å². The van der Waals surface area contributed by atoms with E-state index < -0.39 is 0 Å². The Balaban J connectivity index is 2.15. The molecular weight excluding hydrogens is 218 g/mol. The van der Waals surface area contributed by atoms with Gasteiger partial charge in [-0.15, -0.1) is 0 Å². The monoisotopic (exact) mass is 243 g/mol. The Morgan fingerprint density at radius 3 is 3.00 bits per heavy atom. The van der Waals surface area contributed by atoms with Gasteiger partial charge in [0, 0.05) is 32.2 Å². The van der Waals surface area contributed by atoms with E-state index in [-0.39, 0.29) is 12.0 Å². The summed E-state index contributed by atoms with van der Waals surface area (Å²) < 4.78 is 5.38. The maximum Gasteiger partial charge on any atom is 0.250 e. The zero-order valence-electron chi connectivity index (χ0n) is 11.2. The molecule has 1 aliphatic heterocycles. The van der Waals surface area contributed by atoms with Crippen LogP contribution in [0.5, 0.6) is 0 Å². The number of nitrogens with one attached hydrogen (secondary N) is 2. The molecule has 0 radical (unpaired) electrons. The van der Waals surface area contributed by atoms with E-state index in [2.05, 4.69) is 36.4 Å². The SMILES string of the molecule is CCC(C)N(C)CCNC(=O)[C@H]1CNCCO1. The summed E-state index contributed by atoms with van der Waals surface area (Å²) in [5, 5.41) is 6.06. The van der Waals surface area contributed by atoms with Gasteiger partial charge in [0.25, 0.3) is 5.91 Å². The lowest BCUT2D eigenvalue weighted by atomic mass is 10.2. The summed E-state index contributed by atoms with van der Waals surface area (Å²) in [5.74, 6) is -0.00486. The molecule has 17 heavy (non-hydrogen) atoms. The molecule has 1 rings (SSSR count). The van der Waals surface area contributed by atoms with Crippen LogP contribution >= 0.6 is 0 Å². The molecule has 1 heterocycles. The molecule has 1 unspecified atom stereocenters. The molecule has 2 N–H and O–H groups in total.